The number of halogens is 1. The maximum Gasteiger partial charge on any atom is 0.195 e. The Morgan fingerprint density at radius 3 is 2.44 bits per heavy atom. The molecule has 10 heteroatoms. The lowest BCUT2D eigenvalue weighted by Crippen LogP contribution is -2.29. The van der Waals surface area contributed by atoms with Crippen molar-refractivity contribution < 1.29 is 14.0 Å². The van der Waals surface area contributed by atoms with Gasteiger partial charge < -0.3 is 24.6 Å². The number of anilines is 1. The Hall–Kier alpha value is -3.37. The summed E-state index contributed by atoms with van der Waals surface area (Å²) >= 11 is 1.37. The molecule has 32 heavy (non-hydrogen) atoms. The molecule has 0 aliphatic heterocycles. The lowest BCUT2D eigenvalue weighted by atomic mass is 10.1. The highest BCUT2D eigenvalue weighted by molar-refractivity contribution is 8.93. The molecule has 2 heterocycles. The van der Waals surface area contributed by atoms with E-state index < -0.39 is 0 Å². The van der Waals surface area contributed by atoms with E-state index in [-0.39, 0.29) is 22.9 Å². The standard InChI is InChI=1S/C22H21N5O3S.BrH/c1-28-18-9-6-10-19(29-2)15(18)12-24-21(23)26-22-25-17(13-31-22)20-11-16(27-30-20)14-7-4-3-5-8-14;/h3-11,13H,12H2,1-2H3,(H3,23,24,25,26);1H. The summed E-state index contributed by atoms with van der Waals surface area (Å²) in [6, 6.07) is 17.2. The van der Waals surface area contributed by atoms with E-state index in [1.807, 2.05) is 60.0 Å². The Bertz CT molecular complexity index is 1160. The number of thiazole rings is 1. The van der Waals surface area contributed by atoms with Crippen LogP contribution in [0.15, 0.2) is 64.5 Å². The maximum absolute atomic E-state index is 8.19. The van der Waals surface area contributed by atoms with Crippen LogP contribution in [0.5, 0.6) is 11.5 Å². The van der Waals surface area contributed by atoms with Crippen LogP contribution in [0.25, 0.3) is 22.7 Å². The lowest BCUT2D eigenvalue weighted by Gasteiger charge is -2.14. The van der Waals surface area contributed by atoms with E-state index in [0.29, 0.717) is 34.6 Å². The Labute approximate surface area is 199 Å². The molecule has 4 aromatic rings. The van der Waals surface area contributed by atoms with Crippen molar-refractivity contribution in [2.24, 2.45) is 0 Å². The molecule has 8 nitrogen and oxygen atoms in total. The first-order valence-electron chi connectivity index (χ1n) is 9.45. The van der Waals surface area contributed by atoms with Gasteiger partial charge in [-0.15, -0.1) is 28.3 Å². The Morgan fingerprint density at radius 1 is 1.03 bits per heavy atom. The summed E-state index contributed by atoms with van der Waals surface area (Å²) in [6.07, 6.45) is 0. The normalized spacial score (nSPS) is 10.2. The highest BCUT2D eigenvalue weighted by Crippen LogP contribution is 2.29. The minimum atomic E-state index is 0. The van der Waals surface area contributed by atoms with Crippen LogP contribution in [0.4, 0.5) is 5.13 Å². The number of hydrogen-bond donors (Lipinski definition) is 3. The molecule has 0 saturated carbocycles. The largest absolute Gasteiger partial charge is 0.496 e. The van der Waals surface area contributed by atoms with Gasteiger partial charge in [0.25, 0.3) is 0 Å². The number of nitrogens with zero attached hydrogens (tertiary/aromatic N) is 2. The van der Waals surface area contributed by atoms with Crippen LogP contribution in [0.2, 0.25) is 0 Å². The van der Waals surface area contributed by atoms with Gasteiger partial charge in [0.05, 0.1) is 26.3 Å². The highest BCUT2D eigenvalue weighted by atomic mass is 79.9. The van der Waals surface area contributed by atoms with E-state index in [1.54, 1.807) is 14.2 Å². The van der Waals surface area contributed by atoms with Gasteiger partial charge in [0, 0.05) is 17.0 Å². The molecule has 0 aliphatic carbocycles. The van der Waals surface area contributed by atoms with Crippen LogP contribution in [0, 0.1) is 5.41 Å². The first-order chi connectivity index (χ1) is 15.2. The number of guanidine groups is 1. The zero-order chi connectivity index (χ0) is 21.6. The quantitative estimate of drug-likeness (QED) is 0.229. The van der Waals surface area contributed by atoms with Gasteiger partial charge in [0.1, 0.15) is 22.9 Å². The number of ether oxygens (including phenoxy) is 2. The number of nitrogens with one attached hydrogen (secondary N) is 3. The first-order valence-corrected chi connectivity index (χ1v) is 10.3. The average molecular weight is 516 g/mol. The highest BCUT2D eigenvalue weighted by Gasteiger charge is 2.14. The third kappa shape index (κ3) is 5.27. The Morgan fingerprint density at radius 2 is 1.75 bits per heavy atom. The third-order valence-electron chi connectivity index (χ3n) is 4.54. The third-order valence-corrected chi connectivity index (χ3v) is 5.30. The fourth-order valence-electron chi connectivity index (χ4n) is 3.02. The second-order valence-electron chi connectivity index (χ2n) is 6.47. The fraction of sp³-hybridized carbons (Fsp3) is 0.136. The molecule has 2 aromatic carbocycles. The molecule has 0 atom stereocenters. The van der Waals surface area contributed by atoms with E-state index >= 15 is 0 Å². The summed E-state index contributed by atoms with van der Waals surface area (Å²) in [4.78, 5) is 4.49. The van der Waals surface area contributed by atoms with Gasteiger partial charge in [-0.1, -0.05) is 41.6 Å². The van der Waals surface area contributed by atoms with Crippen molar-refractivity contribution in [3.05, 3.63) is 65.5 Å². The molecule has 0 unspecified atom stereocenters. The van der Waals surface area contributed by atoms with Gasteiger partial charge >= 0.3 is 0 Å². The molecule has 2 aromatic heterocycles. The van der Waals surface area contributed by atoms with Gasteiger partial charge in [-0.05, 0) is 12.1 Å². The van der Waals surface area contributed by atoms with Gasteiger partial charge in [-0.2, -0.15) is 0 Å². The van der Waals surface area contributed by atoms with Crippen molar-refractivity contribution in [1.29, 1.82) is 5.41 Å². The molecular formula is C22H22BrN5O3S. The van der Waals surface area contributed by atoms with Gasteiger partial charge in [0.2, 0.25) is 0 Å². The summed E-state index contributed by atoms with van der Waals surface area (Å²) in [6.45, 7) is 0.361. The molecule has 0 bridgehead atoms. The van der Waals surface area contributed by atoms with E-state index in [0.717, 1.165) is 16.8 Å². The average Bonchev–Trinajstić information content (AvgIpc) is 3.47. The molecule has 0 fully saturated rings. The number of hydrogen-bond acceptors (Lipinski definition) is 7. The van der Waals surface area contributed by atoms with Crippen LogP contribution in [0.3, 0.4) is 0 Å². The van der Waals surface area contributed by atoms with Crippen molar-refractivity contribution in [1.82, 2.24) is 15.5 Å². The summed E-state index contributed by atoms with van der Waals surface area (Å²) in [7, 11) is 3.21. The zero-order valence-corrected chi connectivity index (χ0v) is 19.9. The molecule has 0 aliphatic rings. The van der Waals surface area contributed by atoms with Crippen LogP contribution < -0.4 is 20.1 Å². The first kappa shape index (κ1) is 23.3. The molecule has 0 saturated heterocycles. The van der Waals surface area contributed by atoms with Crippen LogP contribution in [-0.2, 0) is 6.54 Å². The number of methoxy groups -OCH3 is 2. The van der Waals surface area contributed by atoms with Crippen molar-refractivity contribution in [3.8, 4) is 34.2 Å². The van der Waals surface area contributed by atoms with Gasteiger partial charge in [-0.25, -0.2) is 4.98 Å². The molecule has 0 amide bonds. The lowest BCUT2D eigenvalue weighted by molar-refractivity contribution is 0.384. The molecule has 0 radical (unpaired) electrons. The van der Waals surface area contributed by atoms with Crippen molar-refractivity contribution in [2.45, 2.75) is 6.54 Å². The molecule has 3 N–H and O–H groups in total. The van der Waals surface area contributed by atoms with E-state index in [4.69, 9.17) is 19.4 Å². The Kier molecular flexibility index (Phi) is 7.85. The molecule has 4 rings (SSSR count). The number of aromatic nitrogens is 2. The predicted molar refractivity (Wildman–Crippen MR) is 131 cm³/mol. The minimum Gasteiger partial charge on any atom is -0.496 e. The van der Waals surface area contributed by atoms with E-state index in [1.165, 1.54) is 11.3 Å². The molecule has 166 valence electrons. The summed E-state index contributed by atoms with van der Waals surface area (Å²) < 4.78 is 16.2. The minimum absolute atomic E-state index is 0. The van der Waals surface area contributed by atoms with Crippen LogP contribution in [0.1, 0.15) is 5.56 Å². The maximum atomic E-state index is 8.19. The predicted octanol–water partition coefficient (Wildman–Crippen LogP) is 5.20. The summed E-state index contributed by atoms with van der Waals surface area (Å²) in [5, 5.41) is 20.7. The van der Waals surface area contributed by atoms with Crippen molar-refractivity contribution >= 4 is 39.4 Å². The second-order valence-corrected chi connectivity index (χ2v) is 7.33. The van der Waals surface area contributed by atoms with Gasteiger partial charge in [0.15, 0.2) is 16.9 Å². The van der Waals surface area contributed by atoms with E-state index in [9.17, 15) is 0 Å². The Balaban J connectivity index is 0.00000289. The fourth-order valence-corrected chi connectivity index (χ4v) is 3.72. The van der Waals surface area contributed by atoms with Crippen molar-refractivity contribution in [2.75, 3.05) is 19.5 Å². The smallest absolute Gasteiger partial charge is 0.195 e. The van der Waals surface area contributed by atoms with Crippen LogP contribution in [-0.4, -0.2) is 30.3 Å². The monoisotopic (exact) mass is 515 g/mol. The summed E-state index contributed by atoms with van der Waals surface area (Å²) in [5.74, 6) is 2.06. The second kappa shape index (κ2) is 10.8. The molecular weight excluding hydrogens is 494 g/mol. The van der Waals surface area contributed by atoms with E-state index in [2.05, 4.69) is 20.8 Å². The van der Waals surface area contributed by atoms with Crippen LogP contribution >= 0.6 is 28.3 Å². The van der Waals surface area contributed by atoms with Gasteiger partial charge in [-0.3, -0.25) is 5.41 Å². The SMILES string of the molecule is Br.COc1cccc(OC)c1CNC(=N)Nc1nc(-c2cc(-c3ccccc3)no2)cs1. The number of benzene rings is 2. The van der Waals surface area contributed by atoms with Crippen molar-refractivity contribution in [3.63, 3.8) is 0 Å². The topological polar surface area (TPSA) is 105 Å². The number of rotatable bonds is 7. The zero-order valence-electron chi connectivity index (χ0n) is 17.4. The molecule has 0 spiro atoms. The summed E-state index contributed by atoms with van der Waals surface area (Å²) in [5.41, 5.74) is 3.21.